The third-order valence-electron chi connectivity index (χ3n) is 2.19. The first kappa shape index (κ1) is 15.2. The molecular formula is C9H19NO5Si. The van der Waals surface area contributed by atoms with Crippen LogP contribution in [0.4, 0.5) is 0 Å². The highest BCUT2D eigenvalue weighted by Gasteiger charge is 2.38. The van der Waals surface area contributed by atoms with Crippen molar-refractivity contribution in [1.29, 1.82) is 0 Å². The van der Waals surface area contributed by atoms with E-state index in [4.69, 9.17) is 13.3 Å². The summed E-state index contributed by atoms with van der Waals surface area (Å²) in [5.41, 5.74) is 0. The van der Waals surface area contributed by atoms with Gasteiger partial charge in [0.25, 0.3) is 0 Å². The van der Waals surface area contributed by atoms with Crippen LogP contribution in [-0.4, -0.2) is 48.0 Å². The van der Waals surface area contributed by atoms with Gasteiger partial charge in [-0.05, 0) is 0 Å². The number of hydrogen-bond acceptors (Lipinski definition) is 5. The lowest BCUT2D eigenvalue weighted by molar-refractivity contribution is -0.128. The summed E-state index contributed by atoms with van der Waals surface area (Å²) in [5.74, 6) is -0.438. The van der Waals surface area contributed by atoms with Gasteiger partial charge in [-0.25, -0.2) is 0 Å². The number of Topliss-reactive ketones (excluding diaryl/α,β-unsaturated/α-hetero) is 1. The van der Waals surface area contributed by atoms with Crippen LogP contribution >= 0.6 is 0 Å². The van der Waals surface area contributed by atoms with Crippen molar-refractivity contribution in [3.05, 3.63) is 0 Å². The Balaban J connectivity index is 4.11. The zero-order chi connectivity index (χ0) is 12.6. The molecule has 0 aliphatic rings. The lowest BCUT2D eigenvalue weighted by Gasteiger charge is -2.24. The van der Waals surface area contributed by atoms with E-state index in [9.17, 15) is 9.59 Å². The Hall–Kier alpha value is -0.763. The SMILES string of the molecule is CCC(=O)CC(=O)NC[Si](OC)(OC)OC. The molecule has 0 spiro atoms. The molecule has 16 heavy (non-hydrogen) atoms. The highest BCUT2D eigenvalue weighted by molar-refractivity contribution is 6.61. The van der Waals surface area contributed by atoms with Crippen LogP contribution in [-0.2, 0) is 22.9 Å². The van der Waals surface area contributed by atoms with Crippen LogP contribution in [0, 0.1) is 0 Å². The molecule has 1 amide bonds. The molecule has 0 fully saturated rings. The summed E-state index contributed by atoms with van der Waals surface area (Å²) in [6, 6.07) is 0. The Bertz CT molecular complexity index is 234. The predicted octanol–water partition coefficient (Wildman–Crippen LogP) is -0.111. The molecule has 0 aliphatic carbocycles. The van der Waals surface area contributed by atoms with Crippen molar-refractivity contribution in [1.82, 2.24) is 5.32 Å². The average molecular weight is 249 g/mol. The van der Waals surface area contributed by atoms with E-state index >= 15 is 0 Å². The minimum atomic E-state index is -2.78. The maximum absolute atomic E-state index is 11.3. The summed E-state index contributed by atoms with van der Waals surface area (Å²) in [6.07, 6.45) is 0.402. The second kappa shape index (κ2) is 7.50. The van der Waals surface area contributed by atoms with E-state index in [0.717, 1.165) is 0 Å². The normalized spacial score (nSPS) is 11.2. The first-order valence-electron chi connectivity index (χ1n) is 4.97. The van der Waals surface area contributed by atoms with E-state index in [1.165, 1.54) is 21.3 Å². The van der Waals surface area contributed by atoms with E-state index in [0.29, 0.717) is 6.42 Å². The van der Waals surface area contributed by atoms with E-state index in [1.54, 1.807) is 6.92 Å². The molecule has 0 bridgehead atoms. The van der Waals surface area contributed by atoms with Crippen molar-refractivity contribution < 1.29 is 22.9 Å². The second-order valence-electron chi connectivity index (χ2n) is 3.14. The zero-order valence-electron chi connectivity index (χ0n) is 10.2. The average Bonchev–Trinajstić information content (AvgIpc) is 2.31. The van der Waals surface area contributed by atoms with E-state index in [2.05, 4.69) is 5.32 Å². The molecule has 0 radical (unpaired) electrons. The molecule has 7 heteroatoms. The molecule has 0 unspecified atom stereocenters. The molecule has 0 saturated heterocycles. The highest BCUT2D eigenvalue weighted by atomic mass is 28.4. The van der Waals surface area contributed by atoms with Crippen molar-refractivity contribution in [2.24, 2.45) is 0 Å². The molecule has 0 aromatic carbocycles. The van der Waals surface area contributed by atoms with Crippen LogP contribution in [0.1, 0.15) is 19.8 Å². The maximum Gasteiger partial charge on any atom is 0.520 e. The van der Waals surface area contributed by atoms with Gasteiger partial charge in [0, 0.05) is 27.8 Å². The predicted molar refractivity (Wildman–Crippen MR) is 59.7 cm³/mol. The largest absolute Gasteiger partial charge is 0.520 e. The van der Waals surface area contributed by atoms with Gasteiger partial charge in [-0.1, -0.05) is 6.92 Å². The molecule has 0 heterocycles. The monoisotopic (exact) mass is 249 g/mol. The Kier molecular flexibility index (Phi) is 7.14. The standard InChI is InChI=1S/C9H19NO5Si/c1-5-8(11)6-9(12)10-7-16(13-2,14-3)15-4/h5-7H2,1-4H3,(H,10,12). The third-order valence-corrected chi connectivity index (χ3v) is 4.66. The second-order valence-corrected chi connectivity index (χ2v) is 6.09. The van der Waals surface area contributed by atoms with Gasteiger partial charge in [-0.2, -0.15) is 0 Å². The lowest BCUT2D eigenvalue weighted by atomic mass is 10.2. The highest BCUT2D eigenvalue weighted by Crippen LogP contribution is 2.03. The van der Waals surface area contributed by atoms with Crippen molar-refractivity contribution in [3.63, 3.8) is 0 Å². The number of amides is 1. The Morgan fingerprint density at radius 1 is 1.12 bits per heavy atom. The van der Waals surface area contributed by atoms with Gasteiger partial charge in [-0.15, -0.1) is 0 Å². The molecule has 94 valence electrons. The van der Waals surface area contributed by atoms with Gasteiger partial charge in [0.05, 0.1) is 12.6 Å². The summed E-state index contributed by atoms with van der Waals surface area (Å²) in [4.78, 5) is 22.3. The fourth-order valence-electron chi connectivity index (χ4n) is 1.04. The topological polar surface area (TPSA) is 73.9 Å². The third kappa shape index (κ3) is 4.84. The van der Waals surface area contributed by atoms with Crippen molar-refractivity contribution in [3.8, 4) is 0 Å². The van der Waals surface area contributed by atoms with Crippen LogP contribution < -0.4 is 5.32 Å². The molecular weight excluding hydrogens is 230 g/mol. The molecule has 0 saturated carbocycles. The summed E-state index contributed by atoms with van der Waals surface area (Å²) in [7, 11) is 1.60. The minimum absolute atomic E-state index is 0.1000. The Morgan fingerprint density at radius 2 is 1.62 bits per heavy atom. The molecule has 0 atom stereocenters. The fourth-order valence-corrected chi connectivity index (χ4v) is 2.39. The first-order chi connectivity index (χ1) is 7.53. The van der Waals surface area contributed by atoms with Crippen LogP contribution in [0.15, 0.2) is 0 Å². The van der Waals surface area contributed by atoms with E-state index < -0.39 is 8.80 Å². The van der Waals surface area contributed by atoms with Crippen LogP contribution in [0.25, 0.3) is 0 Å². The Morgan fingerprint density at radius 3 is 2.00 bits per heavy atom. The van der Waals surface area contributed by atoms with Crippen molar-refractivity contribution in [2.45, 2.75) is 19.8 Å². The number of carbonyl (C=O) groups excluding carboxylic acids is 2. The summed E-state index contributed by atoms with van der Waals surface area (Å²) >= 11 is 0. The molecule has 1 N–H and O–H groups in total. The van der Waals surface area contributed by atoms with Gasteiger partial charge >= 0.3 is 8.80 Å². The molecule has 0 aromatic heterocycles. The molecule has 0 aliphatic heterocycles. The van der Waals surface area contributed by atoms with E-state index in [1.807, 2.05) is 0 Å². The first-order valence-corrected chi connectivity index (χ1v) is 6.90. The van der Waals surface area contributed by atoms with Gasteiger partial charge in [0.2, 0.25) is 5.91 Å². The summed E-state index contributed by atoms with van der Waals surface area (Å²) in [6.45, 7) is 1.72. The summed E-state index contributed by atoms with van der Waals surface area (Å²) < 4.78 is 15.3. The molecule has 0 rings (SSSR count). The zero-order valence-corrected chi connectivity index (χ0v) is 11.2. The van der Waals surface area contributed by atoms with Crippen LogP contribution in [0.5, 0.6) is 0 Å². The Labute approximate surface area is 96.6 Å². The summed E-state index contributed by atoms with van der Waals surface area (Å²) in [5, 5.41) is 2.57. The van der Waals surface area contributed by atoms with Gasteiger partial charge in [0.15, 0.2) is 0 Å². The lowest BCUT2D eigenvalue weighted by Crippen LogP contribution is -2.53. The van der Waals surface area contributed by atoms with Gasteiger partial charge in [0.1, 0.15) is 5.78 Å². The fraction of sp³-hybridized carbons (Fsp3) is 0.778. The van der Waals surface area contributed by atoms with Crippen LogP contribution in [0.2, 0.25) is 0 Å². The van der Waals surface area contributed by atoms with Crippen molar-refractivity contribution >= 4 is 20.5 Å². The minimum Gasteiger partial charge on any atom is -0.376 e. The number of ketones is 1. The number of rotatable bonds is 8. The molecule has 6 nitrogen and oxygen atoms in total. The van der Waals surface area contributed by atoms with E-state index in [-0.39, 0.29) is 24.3 Å². The number of hydrogen-bond donors (Lipinski definition) is 1. The van der Waals surface area contributed by atoms with Gasteiger partial charge < -0.3 is 18.6 Å². The molecule has 0 aromatic rings. The number of nitrogens with one attached hydrogen (secondary N) is 1. The van der Waals surface area contributed by atoms with Crippen molar-refractivity contribution in [2.75, 3.05) is 27.5 Å². The van der Waals surface area contributed by atoms with Gasteiger partial charge in [-0.3, -0.25) is 9.59 Å². The smallest absolute Gasteiger partial charge is 0.376 e. The van der Waals surface area contributed by atoms with Crippen LogP contribution in [0.3, 0.4) is 0 Å². The quantitative estimate of drug-likeness (QED) is 0.480. The number of carbonyl (C=O) groups is 2. The maximum atomic E-state index is 11.3.